The topological polar surface area (TPSA) is 42.1 Å². The molecule has 20 heavy (non-hydrogen) atoms. The highest BCUT2D eigenvalue weighted by molar-refractivity contribution is 6.09. The normalized spacial score (nSPS) is 19.4. The highest BCUT2D eigenvalue weighted by Gasteiger charge is 2.19. The number of aromatic amines is 1. The summed E-state index contributed by atoms with van der Waals surface area (Å²) in [6.45, 7) is 2.83. The van der Waals surface area contributed by atoms with Crippen LogP contribution in [0.4, 0.5) is 0 Å². The fourth-order valence-electron chi connectivity index (χ4n) is 3.09. The van der Waals surface area contributed by atoms with Crippen molar-refractivity contribution in [2.45, 2.75) is 45.1 Å². The first-order valence-corrected chi connectivity index (χ1v) is 7.48. The molecule has 0 aliphatic carbocycles. The molecule has 1 aliphatic rings. The van der Waals surface area contributed by atoms with Gasteiger partial charge in [0.25, 0.3) is 0 Å². The maximum Gasteiger partial charge on any atom is 0.165 e. The number of Topliss-reactive ketones (excluding diaryl/α,β-unsaturated/α-hetero) is 1. The molecule has 1 aromatic heterocycles. The van der Waals surface area contributed by atoms with Crippen molar-refractivity contribution >= 4 is 16.7 Å². The molecule has 0 amide bonds. The highest BCUT2D eigenvalue weighted by atomic mass is 16.5. The van der Waals surface area contributed by atoms with Gasteiger partial charge in [-0.1, -0.05) is 18.2 Å². The van der Waals surface area contributed by atoms with Gasteiger partial charge in [-0.05, 0) is 38.7 Å². The third kappa shape index (κ3) is 2.63. The quantitative estimate of drug-likeness (QED) is 0.854. The van der Waals surface area contributed by atoms with E-state index in [4.69, 9.17) is 4.74 Å². The zero-order valence-electron chi connectivity index (χ0n) is 11.9. The van der Waals surface area contributed by atoms with Gasteiger partial charge in [0.1, 0.15) is 0 Å². The molecule has 3 nitrogen and oxygen atoms in total. The molecular formula is C17H21NO2. The molecule has 3 rings (SSSR count). The van der Waals surface area contributed by atoms with Crippen molar-refractivity contribution in [1.82, 2.24) is 4.98 Å². The average Bonchev–Trinajstić information content (AvgIpc) is 2.82. The fraction of sp³-hybridized carbons (Fsp3) is 0.471. The number of carbonyl (C=O) groups excluding carboxylic acids is 1. The molecule has 2 aromatic rings. The number of para-hydroxylation sites is 1. The number of ketones is 1. The molecule has 0 spiro atoms. The third-order valence-corrected chi connectivity index (χ3v) is 4.14. The minimum absolute atomic E-state index is 0.231. The molecule has 3 heteroatoms. The van der Waals surface area contributed by atoms with Crippen LogP contribution < -0.4 is 0 Å². The Kier molecular flexibility index (Phi) is 3.88. The van der Waals surface area contributed by atoms with E-state index in [0.29, 0.717) is 6.42 Å². The van der Waals surface area contributed by atoms with Gasteiger partial charge < -0.3 is 9.72 Å². The van der Waals surface area contributed by atoms with Crippen molar-refractivity contribution in [3.8, 4) is 0 Å². The Labute approximate surface area is 119 Å². The Morgan fingerprint density at radius 2 is 2.20 bits per heavy atom. The van der Waals surface area contributed by atoms with Crippen molar-refractivity contribution in [2.75, 3.05) is 6.61 Å². The van der Waals surface area contributed by atoms with Crippen LogP contribution >= 0.6 is 0 Å². The molecule has 1 saturated heterocycles. The summed E-state index contributed by atoms with van der Waals surface area (Å²) in [6.07, 6.45) is 5.18. The van der Waals surface area contributed by atoms with E-state index >= 15 is 0 Å². The van der Waals surface area contributed by atoms with Crippen LogP contribution in [-0.2, 0) is 4.74 Å². The van der Waals surface area contributed by atoms with Crippen molar-refractivity contribution in [3.05, 3.63) is 35.5 Å². The van der Waals surface area contributed by atoms with Gasteiger partial charge in [-0.2, -0.15) is 0 Å². The van der Waals surface area contributed by atoms with Crippen molar-refractivity contribution in [2.24, 2.45) is 0 Å². The van der Waals surface area contributed by atoms with E-state index < -0.39 is 0 Å². The Bertz CT molecular complexity index is 608. The van der Waals surface area contributed by atoms with Gasteiger partial charge in [-0.3, -0.25) is 4.79 Å². The number of fused-ring (bicyclic) bond motifs is 1. The number of benzene rings is 1. The minimum atomic E-state index is 0.231. The molecule has 1 fully saturated rings. The molecule has 1 atom stereocenters. The van der Waals surface area contributed by atoms with Crippen LogP contribution in [0.25, 0.3) is 10.9 Å². The van der Waals surface area contributed by atoms with Gasteiger partial charge in [-0.25, -0.2) is 0 Å². The van der Waals surface area contributed by atoms with E-state index in [2.05, 4.69) is 4.98 Å². The highest BCUT2D eigenvalue weighted by Crippen LogP contribution is 2.25. The minimum Gasteiger partial charge on any atom is -0.378 e. The lowest BCUT2D eigenvalue weighted by Gasteiger charge is -2.22. The van der Waals surface area contributed by atoms with Crippen LogP contribution in [0, 0.1) is 6.92 Å². The second-order valence-corrected chi connectivity index (χ2v) is 5.62. The van der Waals surface area contributed by atoms with Crippen molar-refractivity contribution < 1.29 is 9.53 Å². The number of hydrogen-bond donors (Lipinski definition) is 1. The zero-order chi connectivity index (χ0) is 13.9. The number of H-pyrrole nitrogens is 1. The Morgan fingerprint density at radius 1 is 1.35 bits per heavy atom. The maximum absolute atomic E-state index is 12.5. The summed E-state index contributed by atoms with van der Waals surface area (Å²) in [5, 5.41) is 1.04. The summed E-state index contributed by atoms with van der Waals surface area (Å²) in [5.74, 6) is 0.231. The number of nitrogens with one attached hydrogen (secondary N) is 1. The van der Waals surface area contributed by atoms with E-state index in [1.807, 2.05) is 31.2 Å². The van der Waals surface area contributed by atoms with Crippen LogP contribution in [0.1, 0.15) is 48.2 Å². The lowest BCUT2D eigenvalue weighted by molar-refractivity contribution is 0.0104. The first-order valence-electron chi connectivity index (χ1n) is 7.48. The number of ether oxygens (including phenoxy) is 1. The van der Waals surface area contributed by atoms with E-state index in [-0.39, 0.29) is 11.9 Å². The van der Waals surface area contributed by atoms with Crippen LogP contribution in [-0.4, -0.2) is 23.5 Å². The molecule has 2 heterocycles. The van der Waals surface area contributed by atoms with Gasteiger partial charge >= 0.3 is 0 Å². The van der Waals surface area contributed by atoms with E-state index in [9.17, 15) is 4.79 Å². The second-order valence-electron chi connectivity index (χ2n) is 5.62. The Morgan fingerprint density at radius 3 is 3.00 bits per heavy atom. The molecule has 1 aromatic carbocycles. The summed E-state index contributed by atoms with van der Waals surface area (Å²) in [6, 6.07) is 8.01. The molecule has 0 radical (unpaired) electrons. The summed E-state index contributed by atoms with van der Waals surface area (Å²) < 4.78 is 5.70. The summed E-state index contributed by atoms with van der Waals surface area (Å²) in [4.78, 5) is 15.8. The van der Waals surface area contributed by atoms with Gasteiger partial charge in [0.05, 0.1) is 6.10 Å². The lowest BCUT2D eigenvalue weighted by Crippen LogP contribution is -2.20. The predicted molar refractivity (Wildman–Crippen MR) is 80.2 cm³/mol. The van der Waals surface area contributed by atoms with Gasteiger partial charge in [0.15, 0.2) is 5.78 Å². The Balaban J connectivity index is 1.73. The maximum atomic E-state index is 12.5. The SMILES string of the molecule is Cc1[nH]c2ccccc2c1C(=O)CCC1CCCCO1. The predicted octanol–water partition coefficient (Wildman–Crippen LogP) is 4.01. The standard InChI is InChI=1S/C17H21NO2/c1-12-17(14-7-2-3-8-15(14)18-12)16(19)10-9-13-6-4-5-11-20-13/h2-3,7-8,13,18H,4-6,9-11H2,1H3. The summed E-state index contributed by atoms with van der Waals surface area (Å²) in [7, 11) is 0. The van der Waals surface area contributed by atoms with Crippen molar-refractivity contribution in [1.29, 1.82) is 0 Å². The number of hydrogen-bond acceptors (Lipinski definition) is 2. The molecule has 0 saturated carbocycles. The third-order valence-electron chi connectivity index (χ3n) is 4.14. The first-order chi connectivity index (χ1) is 9.75. The smallest absolute Gasteiger partial charge is 0.165 e. The van der Waals surface area contributed by atoms with Crippen LogP contribution in [0.3, 0.4) is 0 Å². The number of aromatic nitrogens is 1. The largest absolute Gasteiger partial charge is 0.378 e. The number of carbonyl (C=O) groups is 1. The number of rotatable bonds is 4. The number of aryl methyl sites for hydroxylation is 1. The monoisotopic (exact) mass is 271 g/mol. The van der Waals surface area contributed by atoms with Crippen LogP contribution in [0.5, 0.6) is 0 Å². The van der Waals surface area contributed by atoms with Gasteiger partial charge in [-0.15, -0.1) is 0 Å². The molecule has 1 unspecified atom stereocenters. The van der Waals surface area contributed by atoms with E-state index in [1.54, 1.807) is 0 Å². The first kappa shape index (κ1) is 13.4. The molecule has 1 aliphatic heterocycles. The van der Waals surface area contributed by atoms with Crippen LogP contribution in [0.2, 0.25) is 0 Å². The average molecular weight is 271 g/mol. The summed E-state index contributed by atoms with van der Waals surface area (Å²) in [5.41, 5.74) is 2.87. The molecule has 1 N–H and O–H groups in total. The van der Waals surface area contributed by atoms with E-state index in [1.165, 1.54) is 6.42 Å². The Hall–Kier alpha value is -1.61. The van der Waals surface area contributed by atoms with Gasteiger partial charge in [0, 0.05) is 35.2 Å². The summed E-state index contributed by atoms with van der Waals surface area (Å²) >= 11 is 0. The van der Waals surface area contributed by atoms with E-state index in [0.717, 1.165) is 48.0 Å². The lowest BCUT2D eigenvalue weighted by atomic mass is 9.99. The van der Waals surface area contributed by atoms with Crippen LogP contribution in [0.15, 0.2) is 24.3 Å². The fourth-order valence-corrected chi connectivity index (χ4v) is 3.09. The second kappa shape index (κ2) is 5.80. The zero-order valence-corrected chi connectivity index (χ0v) is 11.9. The molecular weight excluding hydrogens is 250 g/mol. The van der Waals surface area contributed by atoms with Crippen molar-refractivity contribution in [3.63, 3.8) is 0 Å². The molecule has 106 valence electrons. The molecule has 0 bridgehead atoms. The van der Waals surface area contributed by atoms with Gasteiger partial charge in [0.2, 0.25) is 0 Å².